The van der Waals surface area contributed by atoms with Crippen molar-refractivity contribution in [2.75, 3.05) is 0 Å². The van der Waals surface area contributed by atoms with E-state index in [-0.39, 0.29) is 23.0 Å². The number of carbonyl (C=O) groups excluding carboxylic acids is 1. The monoisotopic (exact) mass is 180 g/mol. The van der Waals surface area contributed by atoms with Gasteiger partial charge in [0.1, 0.15) is 11.5 Å². The van der Waals surface area contributed by atoms with Crippen LogP contribution < -0.4 is 0 Å². The van der Waals surface area contributed by atoms with Crippen molar-refractivity contribution in [3.8, 4) is 11.5 Å². The first-order chi connectivity index (χ1) is 6.06. The Morgan fingerprint density at radius 1 is 1.23 bits per heavy atom. The second kappa shape index (κ2) is 3.47. The van der Waals surface area contributed by atoms with Crippen LogP contribution in [0.5, 0.6) is 11.5 Å². The third-order valence-corrected chi connectivity index (χ3v) is 1.94. The van der Waals surface area contributed by atoms with Gasteiger partial charge >= 0.3 is 0 Å². The Kier molecular flexibility index (Phi) is 2.56. The quantitative estimate of drug-likeness (QED) is 0.684. The van der Waals surface area contributed by atoms with E-state index in [4.69, 9.17) is 0 Å². The van der Waals surface area contributed by atoms with Crippen LogP contribution in [0.4, 0.5) is 0 Å². The summed E-state index contributed by atoms with van der Waals surface area (Å²) in [4.78, 5) is 10.4. The predicted octanol–water partition coefficient (Wildman–Crippen LogP) is 2.03. The predicted molar refractivity (Wildman–Crippen MR) is 49.2 cm³/mol. The van der Waals surface area contributed by atoms with Crippen LogP contribution in [-0.2, 0) is 0 Å². The fourth-order valence-electron chi connectivity index (χ4n) is 1.10. The van der Waals surface area contributed by atoms with Crippen molar-refractivity contribution in [3.05, 3.63) is 23.3 Å². The molecule has 0 aromatic heterocycles. The molecule has 0 saturated heterocycles. The first kappa shape index (κ1) is 9.58. The highest BCUT2D eigenvalue weighted by molar-refractivity contribution is 5.83. The summed E-state index contributed by atoms with van der Waals surface area (Å²) >= 11 is 0. The van der Waals surface area contributed by atoms with E-state index < -0.39 is 0 Å². The number of rotatable bonds is 2. The summed E-state index contributed by atoms with van der Waals surface area (Å²) in [5, 5.41) is 18.7. The molecule has 0 radical (unpaired) electrons. The third kappa shape index (κ3) is 1.80. The number of aldehydes is 1. The minimum atomic E-state index is -0.168. The first-order valence-corrected chi connectivity index (χ1v) is 4.07. The molecule has 0 spiro atoms. The largest absolute Gasteiger partial charge is 0.507 e. The van der Waals surface area contributed by atoms with Crippen LogP contribution in [0, 0.1) is 0 Å². The fraction of sp³-hybridized carbons (Fsp3) is 0.300. The minimum Gasteiger partial charge on any atom is -0.507 e. The zero-order valence-corrected chi connectivity index (χ0v) is 7.61. The van der Waals surface area contributed by atoms with Crippen molar-refractivity contribution in [3.63, 3.8) is 0 Å². The van der Waals surface area contributed by atoms with E-state index >= 15 is 0 Å². The summed E-state index contributed by atoms with van der Waals surface area (Å²) in [6.45, 7) is 3.88. The highest BCUT2D eigenvalue weighted by Crippen LogP contribution is 2.30. The molecule has 0 heterocycles. The molecule has 0 atom stereocenters. The Bertz CT molecular complexity index is 306. The van der Waals surface area contributed by atoms with Crippen LogP contribution in [0.25, 0.3) is 0 Å². The number of aromatic hydroxyl groups is 2. The van der Waals surface area contributed by atoms with Gasteiger partial charge in [-0.25, -0.2) is 0 Å². The van der Waals surface area contributed by atoms with Gasteiger partial charge in [-0.15, -0.1) is 0 Å². The van der Waals surface area contributed by atoms with Crippen molar-refractivity contribution >= 4 is 6.29 Å². The Labute approximate surface area is 76.6 Å². The van der Waals surface area contributed by atoms with Crippen molar-refractivity contribution in [2.24, 2.45) is 0 Å². The summed E-state index contributed by atoms with van der Waals surface area (Å²) in [6, 6.07) is 2.99. The van der Waals surface area contributed by atoms with Gasteiger partial charge < -0.3 is 10.2 Å². The molecule has 70 valence electrons. The van der Waals surface area contributed by atoms with Gasteiger partial charge in [0, 0.05) is 0 Å². The smallest absolute Gasteiger partial charge is 0.157 e. The molecule has 0 amide bonds. The molecule has 0 saturated carbocycles. The summed E-state index contributed by atoms with van der Waals surface area (Å²) in [6.07, 6.45) is 0.439. The van der Waals surface area contributed by atoms with Crippen molar-refractivity contribution in [1.82, 2.24) is 0 Å². The topological polar surface area (TPSA) is 57.5 Å². The summed E-state index contributed by atoms with van der Waals surface area (Å²) in [5.74, 6) is -0.130. The first-order valence-electron chi connectivity index (χ1n) is 4.07. The average Bonchev–Trinajstić information content (AvgIpc) is 2.03. The van der Waals surface area contributed by atoms with E-state index in [0.717, 1.165) is 5.56 Å². The Hall–Kier alpha value is -1.51. The molecule has 13 heavy (non-hydrogen) atoms. The standard InChI is InChI=1S/C10H12O3/c1-6(2)7-3-9(12)8(5-11)10(13)4-7/h3-6,12-13H,1-2H3. The molecule has 0 aliphatic carbocycles. The molecule has 1 rings (SSSR count). The Morgan fingerprint density at radius 3 is 2.00 bits per heavy atom. The molecule has 0 bridgehead atoms. The molecule has 3 nitrogen and oxygen atoms in total. The maximum atomic E-state index is 10.4. The van der Waals surface area contributed by atoms with Crippen LogP contribution in [-0.4, -0.2) is 16.5 Å². The molecule has 2 N–H and O–H groups in total. The molecule has 1 aromatic carbocycles. The average molecular weight is 180 g/mol. The lowest BCUT2D eigenvalue weighted by Gasteiger charge is -2.08. The van der Waals surface area contributed by atoms with Gasteiger partial charge in [-0.3, -0.25) is 4.79 Å². The van der Waals surface area contributed by atoms with Crippen LogP contribution in [0.2, 0.25) is 0 Å². The highest BCUT2D eigenvalue weighted by Gasteiger charge is 2.10. The van der Waals surface area contributed by atoms with Crippen molar-refractivity contribution in [2.45, 2.75) is 19.8 Å². The zero-order valence-electron chi connectivity index (χ0n) is 7.61. The van der Waals surface area contributed by atoms with Crippen molar-refractivity contribution < 1.29 is 15.0 Å². The lowest BCUT2D eigenvalue weighted by molar-refractivity contribution is 0.111. The lowest BCUT2D eigenvalue weighted by Crippen LogP contribution is -1.90. The van der Waals surface area contributed by atoms with Crippen LogP contribution in [0.3, 0.4) is 0 Å². The SMILES string of the molecule is CC(C)c1cc(O)c(C=O)c(O)c1. The van der Waals surface area contributed by atoms with Crippen molar-refractivity contribution in [1.29, 1.82) is 0 Å². The van der Waals surface area contributed by atoms with Gasteiger partial charge in [0.15, 0.2) is 6.29 Å². The number of benzene rings is 1. The fourth-order valence-corrected chi connectivity index (χ4v) is 1.10. The normalized spacial score (nSPS) is 10.4. The summed E-state index contributed by atoms with van der Waals surface area (Å²) < 4.78 is 0. The van der Waals surface area contributed by atoms with E-state index in [9.17, 15) is 15.0 Å². The van der Waals surface area contributed by atoms with Gasteiger partial charge in [-0.1, -0.05) is 13.8 Å². The van der Waals surface area contributed by atoms with Gasteiger partial charge in [0.25, 0.3) is 0 Å². The van der Waals surface area contributed by atoms with E-state index in [1.54, 1.807) is 0 Å². The zero-order chi connectivity index (χ0) is 10.0. The van der Waals surface area contributed by atoms with Crippen LogP contribution in [0.15, 0.2) is 12.1 Å². The molecule has 3 heteroatoms. The minimum absolute atomic E-state index is 0.0515. The number of hydrogen-bond donors (Lipinski definition) is 2. The second-order valence-corrected chi connectivity index (χ2v) is 3.25. The highest BCUT2D eigenvalue weighted by atomic mass is 16.3. The summed E-state index contributed by atoms with van der Waals surface area (Å²) in [7, 11) is 0. The number of phenols is 2. The molecular formula is C10H12O3. The van der Waals surface area contributed by atoms with E-state index in [0.29, 0.717) is 6.29 Å². The molecule has 0 aliphatic rings. The van der Waals surface area contributed by atoms with E-state index in [1.807, 2.05) is 13.8 Å². The Balaban J connectivity index is 3.28. The van der Waals surface area contributed by atoms with Gasteiger partial charge in [0.05, 0.1) is 5.56 Å². The number of carbonyl (C=O) groups is 1. The Morgan fingerprint density at radius 2 is 1.69 bits per heavy atom. The van der Waals surface area contributed by atoms with Gasteiger partial charge in [-0.2, -0.15) is 0 Å². The van der Waals surface area contributed by atoms with Gasteiger partial charge in [0.2, 0.25) is 0 Å². The maximum Gasteiger partial charge on any atom is 0.157 e. The van der Waals surface area contributed by atoms with Crippen LogP contribution >= 0.6 is 0 Å². The maximum absolute atomic E-state index is 10.4. The molecule has 0 aliphatic heterocycles. The van der Waals surface area contributed by atoms with E-state index in [2.05, 4.69) is 0 Å². The molecule has 0 fully saturated rings. The number of phenolic OH excluding ortho intramolecular Hbond substituents is 2. The second-order valence-electron chi connectivity index (χ2n) is 3.25. The summed E-state index contributed by atoms with van der Waals surface area (Å²) in [5.41, 5.74) is 0.755. The van der Waals surface area contributed by atoms with E-state index in [1.165, 1.54) is 12.1 Å². The number of hydrogen-bond acceptors (Lipinski definition) is 3. The lowest BCUT2D eigenvalue weighted by atomic mass is 10.0. The third-order valence-electron chi connectivity index (χ3n) is 1.94. The van der Waals surface area contributed by atoms with Gasteiger partial charge in [-0.05, 0) is 23.6 Å². The van der Waals surface area contributed by atoms with Crippen LogP contribution in [0.1, 0.15) is 35.7 Å². The molecular weight excluding hydrogens is 168 g/mol. The molecule has 1 aromatic rings. The molecule has 0 unspecified atom stereocenters.